The molecule has 5 heteroatoms. The summed E-state index contributed by atoms with van der Waals surface area (Å²) in [6.07, 6.45) is 2.04. The van der Waals surface area contributed by atoms with E-state index in [-0.39, 0.29) is 11.9 Å². The number of esters is 1. The quantitative estimate of drug-likeness (QED) is 0.636. The van der Waals surface area contributed by atoms with Crippen molar-refractivity contribution < 1.29 is 9.53 Å². The molecule has 19 heavy (non-hydrogen) atoms. The lowest BCUT2D eigenvalue weighted by Gasteiger charge is -2.26. The van der Waals surface area contributed by atoms with Crippen LogP contribution in [0.2, 0.25) is 0 Å². The zero-order valence-electron chi connectivity index (χ0n) is 10.9. The predicted octanol–water partition coefficient (Wildman–Crippen LogP) is 3.21. The van der Waals surface area contributed by atoms with Crippen molar-refractivity contribution in [2.24, 2.45) is 11.7 Å². The third-order valence-electron chi connectivity index (χ3n) is 3.26. The maximum atomic E-state index is 12.1. The molecule has 0 saturated heterocycles. The van der Waals surface area contributed by atoms with Gasteiger partial charge in [-0.15, -0.1) is 11.8 Å². The molecule has 104 valence electrons. The molecule has 3 nitrogen and oxygen atoms in total. The van der Waals surface area contributed by atoms with Crippen LogP contribution in [0.1, 0.15) is 19.8 Å². The molecular formula is C14H18BrNO2S. The molecule has 1 saturated carbocycles. The lowest BCUT2D eigenvalue weighted by Crippen LogP contribution is -2.53. The van der Waals surface area contributed by atoms with Crippen molar-refractivity contribution in [2.45, 2.75) is 30.2 Å². The predicted molar refractivity (Wildman–Crippen MR) is 81.1 cm³/mol. The Bertz CT molecular complexity index is 465. The highest BCUT2D eigenvalue weighted by Gasteiger charge is 2.49. The van der Waals surface area contributed by atoms with Crippen molar-refractivity contribution in [1.82, 2.24) is 0 Å². The van der Waals surface area contributed by atoms with E-state index in [1.807, 2.05) is 31.2 Å². The summed E-state index contributed by atoms with van der Waals surface area (Å²) in [5, 5.41) is 0. The monoisotopic (exact) mass is 343 g/mol. The zero-order valence-corrected chi connectivity index (χ0v) is 13.3. The van der Waals surface area contributed by atoms with E-state index in [4.69, 9.17) is 10.5 Å². The first-order chi connectivity index (χ1) is 9.08. The van der Waals surface area contributed by atoms with Crippen LogP contribution in [0.4, 0.5) is 0 Å². The molecule has 0 heterocycles. The van der Waals surface area contributed by atoms with Crippen LogP contribution in [0.15, 0.2) is 33.6 Å². The van der Waals surface area contributed by atoms with E-state index in [2.05, 4.69) is 15.9 Å². The van der Waals surface area contributed by atoms with Gasteiger partial charge in [-0.3, -0.25) is 4.79 Å². The van der Waals surface area contributed by atoms with Gasteiger partial charge in [-0.25, -0.2) is 0 Å². The van der Waals surface area contributed by atoms with Crippen LogP contribution in [-0.4, -0.2) is 23.9 Å². The average molecular weight is 344 g/mol. The molecule has 2 rings (SSSR count). The van der Waals surface area contributed by atoms with E-state index in [0.29, 0.717) is 12.4 Å². The van der Waals surface area contributed by atoms with Gasteiger partial charge in [0.25, 0.3) is 0 Å². The van der Waals surface area contributed by atoms with Gasteiger partial charge in [0.2, 0.25) is 0 Å². The summed E-state index contributed by atoms with van der Waals surface area (Å²) in [7, 11) is 0. The van der Waals surface area contributed by atoms with Gasteiger partial charge in [0.05, 0.1) is 6.61 Å². The highest BCUT2D eigenvalue weighted by Crippen LogP contribution is 2.42. The van der Waals surface area contributed by atoms with Crippen LogP contribution >= 0.6 is 27.7 Å². The van der Waals surface area contributed by atoms with Crippen molar-refractivity contribution in [3.05, 3.63) is 28.7 Å². The van der Waals surface area contributed by atoms with E-state index >= 15 is 0 Å². The summed E-state index contributed by atoms with van der Waals surface area (Å²) >= 11 is 5.11. The number of hydrogen-bond donors (Lipinski definition) is 1. The molecule has 1 aliphatic carbocycles. The normalized spacial score (nSPS) is 17.8. The molecule has 0 amide bonds. The average Bonchev–Trinajstić information content (AvgIpc) is 3.22. The van der Waals surface area contributed by atoms with Gasteiger partial charge >= 0.3 is 5.97 Å². The Kier molecular flexibility index (Phi) is 4.92. The Morgan fingerprint density at radius 1 is 1.53 bits per heavy atom. The molecular weight excluding hydrogens is 326 g/mol. The van der Waals surface area contributed by atoms with Gasteiger partial charge in [0, 0.05) is 15.1 Å². The largest absolute Gasteiger partial charge is 0.465 e. The maximum absolute atomic E-state index is 12.1. The topological polar surface area (TPSA) is 52.3 Å². The molecule has 2 N–H and O–H groups in total. The van der Waals surface area contributed by atoms with Crippen molar-refractivity contribution in [3.8, 4) is 0 Å². The minimum atomic E-state index is -0.851. The van der Waals surface area contributed by atoms with Crippen LogP contribution in [0.3, 0.4) is 0 Å². The van der Waals surface area contributed by atoms with Crippen LogP contribution in [0, 0.1) is 5.92 Å². The summed E-state index contributed by atoms with van der Waals surface area (Å²) in [6.45, 7) is 2.19. The summed E-state index contributed by atoms with van der Waals surface area (Å²) in [6, 6.07) is 7.96. The van der Waals surface area contributed by atoms with Crippen LogP contribution in [0.25, 0.3) is 0 Å². The van der Waals surface area contributed by atoms with Crippen molar-refractivity contribution in [3.63, 3.8) is 0 Å². The summed E-state index contributed by atoms with van der Waals surface area (Å²) < 4.78 is 6.17. The second-order valence-electron chi connectivity index (χ2n) is 4.75. The number of benzene rings is 1. The minimum absolute atomic E-state index is 0.265. The Balaban J connectivity index is 2.05. The number of hydrogen-bond acceptors (Lipinski definition) is 4. The Hall–Kier alpha value is -0.520. The number of halogens is 1. The number of carbonyl (C=O) groups is 1. The highest BCUT2D eigenvalue weighted by molar-refractivity contribution is 9.10. The molecule has 0 aliphatic heterocycles. The molecule has 1 fully saturated rings. The maximum Gasteiger partial charge on any atom is 0.327 e. The number of thioether (sulfide) groups is 1. The highest BCUT2D eigenvalue weighted by atomic mass is 79.9. The first-order valence-corrected chi connectivity index (χ1v) is 8.19. The first-order valence-electron chi connectivity index (χ1n) is 6.41. The fourth-order valence-corrected chi connectivity index (χ4v) is 3.72. The molecule has 0 aromatic heterocycles. The number of nitrogens with two attached hydrogens (primary N) is 1. The van der Waals surface area contributed by atoms with Gasteiger partial charge in [-0.2, -0.15) is 0 Å². The van der Waals surface area contributed by atoms with Crippen LogP contribution < -0.4 is 5.73 Å². The fourth-order valence-electron chi connectivity index (χ4n) is 1.97. The first kappa shape index (κ1) is 14.9. The molecule has 0 bridgehead atoms. The molecule has 0 spiro atoms. The van der Waals surface area contributed by atoms with Crippen LogP contribution in [-0.2, 0) is 9.53 Å². The van der Waals surface area contributed by atoms with E-state index in [0.717, 1.165) is 22.2 Å². The Morgan fingerprint density at radius 2 is 2.21 bits per heavy atom. The molecule has 1 aliphatic rings. The second-order valence-corrected chi connectivity index (χ2v) is 6.63. The smallest absolute Gasteiger partial charge is 0.327 e. The molecule has 0 radical (unpaired) electrons. The number of rotatable bonds is 6. The van der Waals surface area contributed by atoms with E-state index in [1.54, 1.807) is 11.8 Å². The third kappa shape index (κ3) is 3.52. The molecule has 1 unspecified atom stereocenters. The lowest BCUT2D eigenvalue weighted by molar-refractivity contribution is -0.149. The van der Waals surface area contributed by atoms with Gasteiger partial charge in [-0.05, 0) is 53.7 Å². The Labute approximate surface area is 126 Å². The van der Waals surface area contributed by atoms with Gasteiger partial charge in [0.1, 0.15) is 5.54 Å². The fraction of sp³-hybridized carbons (Fsp3) is 0.500. The van der Waals surface area contributed by atoms with Crippen molar-refractivity contribution in [2.75, 3.05) is 12.4 Å². The third-order valence-corrected chi connectivity index (χ3v) is 5.51. The Morgan fingerprint density at radius 3 is 2.79 bits per heavy atom. The number of carbonyl (C=O) groups excluding carboxylic acids is 1. The summed E-state index contributed by atoms with van der Waals surface area (Å²) in [5.41, 5.74) is 5.47. The van der Waals surface area contributed by atoms with Crippen molar-refractivity contribution in [1.29, 1.82) is 0 Å². The van der Waals surface area contributed by atoms with Crippen molar-refractivity contribution >= 4 is 33.7 Å². The van der Waals surface area contributed by atoms with Gasteiger partial charge in [-0.1, -0.05) is 12.1 Å². The summed E-state index contributed by atoms with van der Waals surface area (Å²) in [5.74, 6) is 0.553. The van der Waals surface area contributed by atoms with Gasteiger partial charge in [0.15, 0.2) is 0 Å². The standard InChI is InChI=1S/C14H18BrNO2S/c1-2-18-13(17)14(16,10-7-8-10)9-19-12-6-4-3-5-11(12)15/h3-6,10H,2,7-9,16H2,1H3. The van der Waals surface area contributed by atoms with E-state index in [1.165, 1.54) is 0 Å². The zero-order chi connectivity index (χ0) is 13.9. The minimum Gasteiger partial charge on any atom is -0.465 e. The summed E-state index contributed by atoms with van der Waals surface area (Å²) in [4.78, 5) is 13.2. The number of ether oxygens (including phenoxy) is 1. The van der Waals surface area contributed by atoms with Crippen LogP contribution in [0.5, 0.6) is 0 Å². The molecule has 1 atom stereocenters. The van der Waals surface area contributed by atoms with E-state index < -0.39 is 5.54 Å². The van der Waals surface area contributed by atoms with E-state index in [9.17, 15) is 4.79 Å². The SMILES string of the molecule is CCOC(=O)C(N)(CSc1ccccc1Br)C1CC1. The molecule has 1 aromatic rings. The molecule has 1 aromatic carbocycles. The van der Waals surface area contributed by atoms with Gasteiger partial charge < -0.3 is 10.5 Å². The lowest BCUT2D eigenvalue weighted by atomic mass is 9.97. The second kappa shape index (κ2) is 6.29.